The molecule has 3 amide bonds. The summed E-state index contributed by atoms with van der Waals surface area (Å²) < 4.78 is 0.966. The van der Waals surface area contributed by atoms with Crippen LogP contribution in [0, 0.1) is 6.92 Å². The average Bonchev–Trinajstić information content (AvgIpc) is 3.05. The van der Waals surface area contributed by atoms with E-state index in [1.54, 1.807) is 0 Å². The molecule has 0 fully saturated rings. The zero-order valence-electron chi connectivity index (χ0n) is 15.2. The minimum absolute atomic E-state index is 0.181. The Morgan fingerprint density at radius 3 is 2.52 bits per heavy atom. The number of halogens is 2. The van der Waals surface area contributed by atoms with Gasteiger partial charge in [0, 0.05) is 5.02 Å². The van der Waals surface area contributed by atoms with Gasteiger partial charge in [0.25, 0.3) is 5.91 Å². The summed E-state index contributed by atoms with van der Waals surface area (Å²) in [5.41, 5.74) is 2.10. The van der Waals surface area contributed by atoms with Crippen LogP contribution >= 0.6 is 34.5 Å². The number of rotatable bonds is 6. The van der Waals surface area contributed by atoms with Gasteiger partial charge < -0.3 is 16.0 Å². The van der Waals surface area contributed by atoms with E-state index in [9.17, 15) is 14.4 Å². The van der Waals surface area contributed by atoms with Crippen LogP contribution in [0.15, 0.2) is 36.4 Å². The lowest BCUT2D eigenvalue weighted by Crippen LogP contribution is -2.40. The summed E-state index contributed by atoms with van der Waals surface area (Å²) in [5.74, 6) is -1.45. The highest BCUT2D eigenvalue weighted by Gasteiger charge is 2.13. The van der Waals surface area contributed by atoms with Gasteiger partial charge >= 0.3 is 0 Å². The van der Waals surface area contributed by atoms with Gasteiger partial charge in [0.1, 0.15) is 0 Å². The predicted octanol–water partition coefficient (Wildman–Crippen LogP) is 3.40. The average molecular weight is 451 g/mol. The number of nitrogens with one attached hydrogen (secondary N) is 3. The summed E-state index contributed by atoms with van der Waals surface area (Å²) >= 11 is 13.1. The van der Waals surface area contributed by atoms with Gasteiger partial charge in [0.15, 0.2) is 5.13 Å². The number of hydrogen-bond donors (Lipinski definition) is 3. The Morgan fingerprint density at radius 1 is 1.00 bits per heavy atom. The monoisotopic (exact) mass is 450 g/mol. The van der Waals surface area contributed by atoms with E-state index in [-0.39, 0.29) is 23.7 Å². The largest absolute Gasteiger partial charge is 0.345 e. The fourth-order valence-corrected chi connectivity index (χ4v) is 3.89. The predicted molar refractivity (Wildman–Crippen MR) is 115 cm³/mol. The van der Waals surface area contributed by atoms with E-state index < -0.39 is 17.7 Å². The van der Waals surface area contributed by atoms with Crippen molar-refractivity contribution >= 4 is 67.6 Å². The fraction of sp³-hybridized carbons (Fsp3) is 0.158. The molecule has 7 nitrogen and oxygen atoms in total. The number of nitrogens with zero attached hydrogens (tertiary/aromatic N) is 1. The summed E-state index contributed by atoms with van der Waals surface area (Å²) in [6.07, 6.45) is 0. The molecule has 0 unspecified atom stereocenters. The lowest BCUT2D eigenvalue weighted by atomic mass is 10.2. The first kappa shape index (κ1) is 21.0. The zero-order chi connectivity index (χ0) is 21.0. The highest BCUT2D eigenvalue weighted by molar-refractivity contribution is 7.22. The molecule has 0 atom stereocenters. The number of aromatic nitrogens is 1. The van der Waals surface area contributed by atoms with Crippen LogP contribution in [0.5, 0.6) is 0 Å². The molecule has 0 spiro atoms. The van der Waals surface area contributed by atoms with E-state index in [2.05, 4.69) is 20.9 Å². The van der Waals surface area contributed by atoms with Gasteiger partial charge in [-0.2, -0.15) is 0 Å². The summed E-state index contributed by atoms with van der Waals surface area (Å²) in [4.78, 5) is 40.3. The molecule has 0 saturated carbocycles. The fourth-order valence-electron chi connectivity index (χ4n) is 2.42. The molecule has 10 heteroatoms. The molecule has 2 aromatic carbocycles. The molecule has 0 aliphatic heterocycles. The van der Waals surface area contributed by atoms with Gasteiger partial charge in [0.05, 0.1) is 33.9 Å². The molecule has 1 heterocycles. The summed E-state index contributed by atoms with van der Waals surface area (Å²) in [7, 11) is 0. The third-order valence-electron chi connectivity index (χ3n) is 3.82. The maximum Gasteiger partial charge on any atom is 0.253 e. The van der Waals surface area contributed by atoms with Crippen LogP contribution in [0.1, 0.15) is 15.9 Å². The Balaban J connectivity index is 1.45. The third-order valence-corrected chi connectivity index (χ3v) is 5.30. The number of fused-ring (bicyclic) bond motifs is 1. The van der Waals surface area contributed by atoms with Crippen molar-refractivity contribution in [1.29, 1.82) is 0 Å². The molecule has 3 N–H and O–H groups in total. The van der Waals surface area contributed by atoms with Crippen molar-refractivity contribution in [3.05, 3.63) is 57.6 Å². The number of carbonyl (C=O) groups excluding carboxylic acids is 3. The molecule has 150 valence electrons. The van der Waals surface area contributed by atoms with E-state index in [1.807, 2.05) is 25.1 Å². The van der Waals surface area contributed by atoms with Crippen molar-refractivity contribution in [3.8, 4) is 0 Å². The van der Waals surface area contributed by atoms with Gasteiger partial charge in [0.2, 0.25) is 11.8 Å². The maximum atomic E-state index is 12.1. The summed E-state index contributed by atoms with van der Waals surface area (Å²) in [6.45, 7) is 1.43. The quantitative estimate of drug-likeness (QED) is 0.535. The highest BCUT2D eigenvalue weighted by Crippen LogP contribution is 2.26. The van der Waals surface area contributed by atoms with Crippen LogP contribution in [-0.2, 0) is 9.59 Å². The molecular formula is C19H16Cl2N4O3S. The smallest absolute Gasteiger partial charge is 0.253 e. The number of hydrogen-bond acceptors (Lipinski definition) is 5. The summed E-state index contributed by atoms with van der Waals surface area (Å²) in [6, 6.07) is 10.2. The summed E-state index contributed by atoms with van der Waals surface area (Å²) in [5, 5.41) is 8.55. The van der Waals surface area contributed by atoms with E-state index in [0.717, 1.165) is 15.8 Å². The molecule has 0 saturated heterocycles. The van der Waals surface area contributed by atoms with Gasteiger partial charge in [-0.3, -0.25) is 14.4 Å². The third kappa shape index (κ3) is 5.66. The number of thiazole rings is 1. The van der Waals surface area contributed by atoms with E-state index in [0.29, 0.717) is 10.2 Å². The second kappa shape index (κ2) is 9.21. The van der Waals surface area contributed by atoms with Crippen LogP contribution in [0.2, 0.25) is 10.0 Å². The number of aryl methyl sites for hydroxylation is 1. The molecule has 0 radical (unpaired) electrons. The van der Waals surface area contributed by atoms with Crippen molar-refractivity contribution in [1.82, 2.24) is 15.6 Å². The normalized spacial score (nSPS) is 10.6. The Labute approximate surface area is 180 Å². The van der Waals surface area contributed by atoms with Crippen LogP contribution in [0.25, 0.3) is 10.2 Å². The molecule has 0 bridgehead atoms. The van der Waals surface area contributed by atoms with Gasteiger partial charge in [-0.25, -0.2) is 4.98 Å². The Bertz CT molecular complexity index is 1100. The number of anilines is 1. The molecule has 1 aromatic heterocycles. The number of carbonyl (C=O) groups is 3. The Hall–Kier alpha value is -2.68. The first-order valence-electron chi connectivity index (χ1n) is 8.49. The van der Waals surface area contributed by atoms with E-state index >= 15 is 0 Å². The van der Waals surface area contributed by atoms with Crippen LogP contribution < -0.4 is 16.0 Å². The van der Waals surface area contributed by atoms with Crippen LogP contribution in [0.3, 0.4) is 0 Å². The van der Waals surface area contributed by atoms with Crippen molar-refractivity contribution in [2.45, 2.75) is 6.92 Å². The van der Waals surface area contributed by atoms with Crippen LogP contribution in [0.4, 0.5) is 5.13 Å². The van der Waals surface area contributed by atoms with Gasteiger partial charge in [-0.15, -0.1) is 0 Å². The van der Waals surface area contributed by atoms with Crippen LogP contribution in [-0.4, -0.2) is 35.8 Å². The number of benzene rings is 2. The molecule has 3 rings (SSSR count). The molecule has 0 aliphatic rings. The lowest BCUT2D eigenvalue weighted by molar-refractivity contribution is -0.123. The Kier molecular flexibility index (Phi) is 6.68. The minimum Gasteiger partial charge on any atom is -0.345 e. The topological polar surface area (TPSA) is 100 Å². The van der Waals surface area contributed by atoms with Gasteiger partial charge in [-0.1, -0.05) is 40.6 Å². The van der Waals surface area contributed by atoms with Crippen molar-refractivity contribution in [2.24, 2.45) is 0 Å². The van der Waals surface area contributed by atoms with Crippen molar-refractivity contribution in [2.75, 3.05) is 18.4 Å². The first-order valence-corrected chi connectivity index (χ1v) is 10.1. The van der Waals surface area contributed by atoms with Gasteiger partial charge in [-0.05, 0) is 42.8 Å². The second-order valence-electron chi connectivity index (χ2n) is 6.12. The van der Waals surface area contributed by atoms with E-state index in [1.165, 1.54) is 29.5 Å². The molecular weight excluding hydrogens is 435 g/mol. The lowest BCUT2D eigenvalue weighted by Gasteiger charge is -2.08. The second-order valence-corrected chi connectivity index (χ2v) is 8.00. The maximum absolute atomic E-state index is 12.1. The minimum atomic E-state index is -0.518. The van der Waals surface area contributed by atoms with Crippen molar-refractivity contribution < 1.29 is 14.4 Å². The molecule has 29 heavy (non-hydrogen) atoms. The van der Waals surface area contributed by atoms with E-state index in [4.69, 9.17) is 23.2 Å². The Morgan fingerprint density at radius 2 is 1.76 bits per heavy atom. The standard InChI is InChI=1S/C19H16Cl2N4O3S/c1-10-2-5-14-15(6-10)29-19(24-14)25-17(27)9-22-16(26)8-23-18(28)12-4-3-11(20)7-13(12)21/h2-7H,8-9H2,1H3,(H,22,26)(H,23,28)(H,24,25,27). The molecule has 0 aliphatic carbocycles. The highest BCUT2D eigenvalue weighted by atomic mass is 35.5. The SMILES string of the molecule is Cc1ccc2nc(NC(=O)CNC(=O)CNC(=O)c3ccc(Cl)cc3Cl)sc2c1. The number of amides is 3. The molecule has 3 aromatic rings. The van der Waals surface area contributed by atoms with Crippen molar-refractivity contribution in [3.63, 3.8) is 0 Å². The first-order chi connectivity index (χ1) is 13.8. The zero-order valence-corrected chi connectivity index (χ0v) is 17.5.